The lowest BCUT2D eigenvalue weighted by atomic mass is 10.1. The van der Waals surface area contributed by atoms with Crippen LogP contribution in [0.2, 0.25) is 0 Å². The van der Waals surface area contributed by atoms with Gasteiger partial charge in [-0.3, -0.25) is 0 Å². The Hall–Kier alpha value is -1.15. The van der Waals surface area contributed by atoms with Gasteiger partial charge in [-0.05, 0) is 13.3 Å². The summed E-state index contributed by atoms with van der Waals surface area (Å²) in [7, 11) is 1.68. The highest BCUT2D eigenvalue weighted by Gasteiger charge is 2.00. The Morgan fingerprint density at radius 2 is 2.20 bits per heavy atom. The molecule has 0 amide bonds. The number of hydrogen-bond acceptors (Lipinski definition) is 2. The van der Waals surface area contributed by atoms with Crippen LogP contribution in [0.5, 0.6) is 0 Å². The van der Waals surface area contributed by atoms with Gasteiger partial charge in [0.1, 0.15) is 6.29 Å². The number of methoxy groups -OCH3 is 1. The molecule has 0 N–H and O–H groups in total. The van der Waals surface area contributed by atoms with Crippen LogP contribution in [0.1, 0.15) is 20.3 Å². The number of carbonyl (C=O) groups is 1. The van der Waals surface area contributed by atoms with Crippen molar-refractivity contribution in [1.29, 1.82) is 0 Å². The molecule has 2 atom stereocenters. The number of allylic oxidation sites excluding steroid dienone is 3. The van der Waals surface area contributed by atoms with Crippen molar-refractivity contribution in [3.63, 3.8) is 0 Å². The molecule has 0 bridgehead atoms. The predicted octanol–water partition coefficient (Wildman–Crippen LogP) is 2.92. The molecule has 0 fully saturated rings. The molecule has 0 aromatic rings. The topological polar surface area (TPSA) is 26.3 Å². The van der Waals surface area contributed by atoms with Gasteiger partial charge in [-0.2, -0.15) is 0 Å². The van der Waals surface area contributed by atoms with E-state index >= 15 is 0 Å². The van der Waals surface area contributed by atoms with Crippen molar-refractivity contribution < 1.29 is 9.53 Å². The zero-order valence-corrected chi connectivity index (χ0v) is 9.77. The molecular formula is C13H20O2. The molecule has 0 aromatic heterocycles. The summed E-state index contributed by atoms with van der Waals surface area (Å²) in [5.41, 5.74) is 1.09. The third-order valence-corrected chi connectivity index (χ3v) is 2.03. The maximum atomic E-state index is 10.4. The Bertz CT molecular complexity index is 251. The average Bonchev–Trinajstić information content (AvgIpc) is 2.25. The first-order chi connectivity index (χ1) is 7.13. The van der Waals surface area contributed by atoms with E-state index in [0.29, 0.717) is 0 Å². The van der Waals surface area contributed by atoms with Crippen LogP contribution < -0.4 is 0 Å². The lowest BCUT2D eigenvalue weighted by molar-refractivity contribution is -0.109. The highest BCUT2D eigenvalue weighted by molar-refractivity contribution is 5.56. The van der Waals surface area contributed by atoms with Crippen molar-refractivity contribution in [2.75, 3.05) is 7.11 Å². The van der Waals surface area contributed by atoms with E-state index in [1.807, 2.05) is 38.2 Å². The van der Waals surface area contributed by atoms with Crippen LogP contribution in [-0.4, -0.2) is 19.5 Å². The summed E-state index contributed by atoms with van der Waals surface area (Å²) < 4.78 is 5.24. The summed E-state index contributed by atoms with van der Waals surface area (Å²) in [6.45, 7) is 7.51. The van der Waals surface area contributed by atoms with Gasteiger partial charge in [-0.25, -0.2) is 0 Å². The van der Waals surface area contributed by atoms with Crippen LogP contribution in [0.15, 0.2) is 36.5 Å². The van der Waals surface area contributed by atoms with Crippen molar-refractivity contribution >= 4 is 6.29 Å². The van der Waals surface area contributed by atoms with Crippen LogP contribution in [-0.2, 0) is 9.53 Å². The molecule has 2 heteroatoms. The lowest BCUT2D eigenvalue weighted by Crippen LogP contribution is -2.05. The van der Waals surface area contributed by atoms with E-state index in [4.69, 9.17) is 4.74 Å². The Balaban J connectivity index is 4.32. The Kier molecular flexibility index (Phi) is 7.56. The third-order valence-electron chi connectivity index (χ3n) is 2.03. The second-order valence-corrected chi connectivity index (χ2v) is 3.56. The molecule has 0 spiro atoms. The van der Waals surface area contributed by atoms with E-state index in [9.17, 15) is 4.79 Å². The lowest BCUT2D eigenvalue weighted by Gasteiger charge is -2.08. The summed E-state index contributed by atoms with van der Waals surface area (Å²) in [4.78, 5) is 10.4. The molecule has 0 radical (unpaired) electrons. The van der Waals surface area contributed by atoms with E-state index in [1.165, 1.54) is 0 Å². The maximum Gasteiger partial charge on any atom is 0.126 e. The molecular weight excluding hydrogens is 188 g/mol. The van der Waals surface area contributed by atoms with Crippen LogP contribution >= 0.6 is 0 Å². The highest BCUT2D eigenvalue weighted by Crippen LogP contribution is 2.06. The fourth-order valence-electron chi connectivity index (χ4n) is 1.09. The normalized spacial score (nSPS) is 16.3. The van der Waals surface area contributed by atoms with Crippen LogP contribution in [0.25, 0.3) is 0 Å². The van der Waals surface area contributed by atoms with E-state index < -0.39 is 0 Å². The van der Waals surface area contributed by atoms with Crippen molar-refractivity contribution in [3.05, 3.63) is 36.5 Å². The summed E-state index contributed by atoms with van der Waals surface area (Å²) in [5, 5.41) is 0. The zero-order chi connectivity index (χ0) is 11.7. The van der Waals surface area contributed by atoms with Crippen LogP contribution in [0.3, 0.4) is 0 Å². The van der Waals surface area contributed by atoms with Crippen molar-refractivity contribution in [1.82, 2.24) is 0 Å². The average molecular weight is 208 g/mol. The zero-order valence-electron chi connectivity index (χ0n) is 9.77. The maximum absolute atomic E-state index is 10.4. The highest BCUT2D eigenvalue weighted by atomic mass is 16.5. The Labute approximate surface area is 92.3 Å². The second-order valence-electron chi connectivity index (χ2n) is 3.56. The van der Waals surface area contributed by atoms with Gasteiger partial charge in [-0.1, -0.05) is 36.8 Å². The van der Waals surface area contributed by atoms with Gasteiger partial charge in [-0.15, -0.1) is 6.58 Å². The molecule has 0 rings (SSSR count). The summed E-state index contributed by atoms with van der Waals surface area (Å²) in [6, 6.07) is 0. The summed E-state index contributed by atoms with van der Waals surface area (Å²) in [6.07, 6.45) is 9.45. The first kappa shape index (κ1) is 13.8. The summed E-state index contributed by atoms with van der Waals surface area (Å²) in [5.74, 6) is -0.0336. The van der Waals surface area contributed by atoms with Gasteiger partial charge in [0.2, 0.25) is 0 Å². The fraction of sp³-hybridized carbons (Fsp3) is 0.462. The molecule has 0 heterocycles. The first-order valence-corrected chi connectivity index (χ1v) is 5.09. The predicted molar refractivity (Wildman–Crippen MR) is 63.7 cm³/mol. The number of hydrogen-bond donors (Lipinski definition) is 0. The van der Waals surface area contributed by atoms with Crippen molar-refractivity contribution in [2.24, 2.45) is 5.92 Å². The minimum atomic E-state index is -0.0336. The van der Waals surface area contributed by atoms with Gasteiger partial charge in [0.25, 0.3) is 0 Å². The Morgan fingerprint density at radius 1 is 1.53 bits per heavy atom. The van der Waals surface area contributed by atoms with Crippen LogP contribution in [0.4, 0.5) is 0 Å². The van der Waals surface area contributed by atoms with Crippen molar-refractivity contribution in [3.8, 4) is 0 Å². The van der Waals surface area contributed by atoms with E-state index in [0.717, 1.165) is 18.3 Å². The van der Waals surface area contributed by atoms with Crippen LogP contribution in [0, 0.1) is 5.92 Å². The van der Waals surface area contributed by atoms with Crippen molar-refractivity contribution in [2.45, 2.75) is 26.4 Å². The van der Waals surface area contributed by atoms with E-state index in [-0.39, 0.29) is 12.0 Å². The third kappa shape index (κ3) is 6.86. The quantitative estimate of drug-likeness (QED) is 0.365. The smallest absolute Gasteiger partial charge is 0.126 e. The molecule has 0 aliphatic carbocycles. The number of ether oxygens (including phenoxy) is 1. The molecule has 0 aliphatic heterocycles. The van der Waals surface area contributed by atoms with Gasteiger partial charge in [0.05, 0.1) is 6.10 Å². The number of carbonyl (C=O) groups excluding carboxylic acids is 1. The SMILES string of the molecule is C=CC[C@@H](/C=C(C)/C=C/[C@@H](C)C=O)OC. The molecule has 84 valence electrons. The second kappa shape index (κ2) is 8.18. The van der Waals surface area contributed by atoms with Gasteiger partial charge in [0, 0.05) is 13.0 Å². The minimum absolute atomic E-state index is 0.0336. The first-order valence-electron chi connectivity index (χ1n) is 5.09. The molecule has 2 nitrogen and oxygen atoms in total. The molecule has 0 aromatic carbocycles. The molecule has 15 heavy (non-hydrogen) atoms. The molecule has 0 unspecified atom stereocenters. The largest absolute Gasteiger partial charge is 0.377 e. The molecule has 0 saturated heterocycles. The van der Waals surface area contributed by atoms with Gasteiger partial charge in [0.15, 0.2) is 0 Å². The monoisotopic (exact) mass is 208 g/mol. The number of rotatable bonds is 7. The Morgan fingerprint density at radius 3 is 2.67 bits per heavy atom. The van der Waals surface area contributed by atoms with E-state index in [2.05, 4.69) is 6.58 Å². The standard InChI is InChI=1S/C13H20O2/c1-5-6-13(15-4)9-11(2)7-8-12(3)10-14/h5,7-10,12-13H,1,6H2,2-4H3/b8-7+,11-9+/t12-,13+/m1/s1. The fourth-order valence-corrected chi connectivity index (χ4v) is 1.09. The number of aldehydes is 1. The minimum Gasteiger partial charge on any atom is -0.377 e. The van der Waals surface area contributed by atoms with Gasteiger partial charge < -0.3 is 9.53 Å². The summed E-state index contributed by atoms with van der Waals surface area (Å²) >= 11 is 0. The molecule has 0 saturated carbocycles. The van der Waals surface area contributed by atoms with E-state index in [1.54, 1.807) is 7.11 Å². The van der Waals surface area contributed by atoms with Gasteiger partial charge >= 0.3 is 0 Å². The molecule has 0 aliphatic rings.